The molecule has 1 aliphatic carbocycles. The molecule has 2 unspecified atom stereocenters. The molecule has 1 saturated heterocycles. The van der Waals surface area contributed by atoms with E-state index in [2.05, 4.69) is 30.0 Å². The molecule has 0 radical (unpaired) electrons. The molecular weight excluding hydrogens is 436 g/mol. The van der Waals surface area contributed by atoms with Crippen molar-refractivity contribution in [3.05, 3.63) is 35.3 Å². The molecule has 2 atom stereocenters. The van der Waals surface area contributed by atoms with Gasteiger partial charge in [-0.1, -0.05) is 48.3 Å². The third kappa shape index (κ3) is 3.51. The number of hydrogen-bond acceptors (Lipinski definition) is 8. The van der Waals surface area contributed by atoms with Crippen LogP contribution in [0.4, 0.5) is 0 Å². The Hall–Kier alpha value is -3.12. The van der Waals surface area contributed by atoms with E-state index in [0.717, 1.165) is 0 Å². The molecule has 31 heavy (non-hydrogen) atoms. The SMILES string of the molecule is Cn1nc(SCCCN2C(=O)C3C=CC=CC3C2=O)nc1-c1nc(=S)c2[nH]cnc2[nH]1. The Morgan fingerprint density at radius 3 is 2.65 bits per heavy atom. The summed E-state index contributed by atoms with van der Waals surface area (Å²) >= 11 is 6.77. The Labute approximate surface area is 185 Å². The molecule has 0 bridgehead atoms. The van der Waals surface area contributed by atoms with Crippen LogP contribution in [0.15, 0.2) is 35.8 Å². The van der Waals surface area contributed by atoms with Gasteiger partial charge in [-0.3, -0.25) is 14.5 Å². The average molecular weight is 455 g/mol. The van der Waals surface area contributed by atoms with E-state index in [1.165, 1.54) is 16.7 Å². The van der Waals surface area contributed by atoms with Gasteiger partial charge in [0, 0.05) is 19.3 Å². The fourth-order valence-corrected chi connectivity index (χ4v) is 4.77. The minimum atomic E-state index is -0.352. The number of fused-ring (bicyclic) bond motifs is 2. The van der Waals surface area contributed by atoms with E-state index in [1.807, 2.05) is 12.2 Å². The molecule has 3 aromatic rings. The number of nitrogens with zero attached hydrogens (tertiary/aromatic N) is 6. The van der Waals surface area contributed by atoms with Gasteiger partial charge in [-0.25, -0.2) is 14.6 Å². The molecule has 10 nitrogen and oxygen atoms in total. The number of carbonyl (C=O) groups is 2. The third-order valence-corrected chi connectivity index (χ3v) is 6.47. The lowest BCUT2D eigenvalue weighted by Crippen LogP contribution is -2.32. The number of imide groups is 1. The molecule has 2 amide bonds. The van der Waals surface area contributed by atoms with E-state index in [4.69, 9.17) is 12.2 Å². The standard InChI is InChI=1S/C19H18N8O2S2/c1-26-15(14-22-13-12(16(30)23-14)20-9-21-13)24-19(25-26)31-8-4-7-27-17(28)10-5-2-3-6-11(10)18(27)29/h2-3,5-6,9-11H,4,7-8H2,1H3,(H2,20,21,22,23,30). The maximum atomic E-state index is 12.5. The molecule has 4 heterocycles. The van der Waals surface area contributed by atoms with Gasteiger partial charge in [-0.2, -0.15) is 4.98 Å². The predicted octanol–water partition coefficient (Wildman–Crippen LogP) is 2.02. The summed E-state index contributed by atoms with van der Waals surface area (Å²) in [5.74, 6) is 0.769. The topological polar surface area (TPSA) is 125 Å². The maximum absolute atomic E-state index is 12.5. The van der Waals surface area contributed by atoms with Gasteiger partial charge < -0.3 is 9.97 Å². The van der Waals surface area contributed by atoms with Crippen LogP contribution in [0.25, 0.3) is 22.8 Å². The van der Waals surface area contributed by atoms with Gasteiger partial charge in [-0.15, -0.1) is 5.10 Å². The first-order valence-corrected chi connectivity index (χ1v) is 11.1. The van der Waals surface area contributed by atoms with Crippen LogP contribution in [0.5, 0.6) is 0 Å². The molecule has 1 fully saturated rings. The van der Waals surface area contributed by atoms with Crippen molar-refractivity contribution in [2.75, 3.05) is 12.3 Å². The van der Waals surface area contributed by atoms with Crippen molar-refractivity contribution < 1.29 is 9.59 Å². The lowest BCUT2D eigenvalue weighted by atomic mass is 9.91. The summed E-state index contributed by atoms with van der Waals surface area (Å²) in [6, 6.07) is 0. The van der Waals surface area contributed by atoms with Gasteiger partial charge in [0.1, 0.15) is 5.52 Å². The van der Waals surface area contributed by atoms with Gasteiger partial charge >= 0.3 is 0 Å². The van der Waals surface area contributed by atoms with E-state index < -0.39 is 0 Å². The van der Waals surface area contributed by atoms with Crippen LogP contribution < -0.4 is 0 Å². The first-order chi connectivity index (χ1) is 15.0. The van der Waals surface area contributed by atoms with Gasteiger partial charge in [0.05, 0.1) is 18.2 Å². The number of aromatic nitrogens is 7. The van der Waals surface area contributed by atoms with E-state index in [-0.39, 0.29) is 23.7 Å². The highest BCUT2D eigenvalue weighted by Gasteiger charge is 2.45. The van der Waals surface area contributed by atoms with Crippen LogP contribution in [-0.4, -0.2) is 63.7 Å². The second kappa shape index (κ2) is 7.85. The van der Waals surface area contributed by atoms with E-state index in [0.29, 0.717) is 51.3 Å². The molecule has 0 saturated carbocycles. The van der Waals surface area contributed by atoms with Crippen LogP contribution in [0.2, 0.25) is 0 Å². The van der Waals surface area contributed by atoms with E-state index in [1.54, 1.807) is 30.2 Å². The smallest absolute Gasteiger partial charge is 0.237 e. The molecule has 2 N–H and O–H groups in total. The Kier molecular flexibility index (Phi) is 5.02. The molecule has 3 aromatic heterocycles. The van der Waals surface area contributed by atoms with Crippen molar-refractivity contribution in [3.8, 4) is 11.6 Å². The predicted molar refractivity (Wildman–Crippen MR) is 116 cm³/mol. The van der Waals surface area contributed by atoms with Crippen LogP contribution in [-0.2, 0) is 16.6 Å². The number of aromatic amines is 2. The lowest BCUT2D eigenvalue weighted by Gasteiger charge is -2.13. The van der Waals surface area contributed by atoms with Gasteiger partial charge in [-0.05, 0) is 6.42 Å². The Bertz CT molecular complexity index is 1270. The van der Waals surface area contributed by atoms with E-state index >= 15 is 0 Å². The van der Waals surface area contributed by atoms with Crippen molar-refractivity contribution in [3.63, 3.8) is 0 Å². The minimum absolute atomic E-state index is 0.117. The number of thioether (sulfide) groups is 1. The zero-order chi connectivity index (χ0) is 21.5. The quantitative estimate of drug-likeness (QED) is 0.251. The summed E-state index contributed by atoms with van der Waals surface area (Å²) in [6.45, 7) is 0.392. The molecule has 1 aliphatic heterocycles. The first kappa shape index (κ1) is 19.8. The fourth-order valence-electron chi connectivity index (χ4n) is 3.74. The summed E-state index contributed by atoms with van der Waals surface area (Å²) in [6.07, 6.45) is 9.46. The van der Waals surface area contributed by atoms with Crippen LogP contribution >= 0.6 is 24.0 Å². The molecule has 2 aliphatic rings. The Balaban J connectivity index is 1.22. The Morgan fingerprint density at radius 1 is 1.16 bits per heavy atom. The second-order valence-electron chi connectivity index (χ2n) is 7.21. The number of amides is 2. The number of rotatable bonds is 6. The normalized spacial score (nSPS) is 20.2. The molecule has 5 rings (SSSR count). The number of hydrogen-bond donors (Lipinski definition) is 2. The first-order valence-electron chi connectivity index (χ1n) is 9.71. The number of imidazole rings is 1. The number of H-pyrrole nitrogens is 2. The summed E-state index contributed by atoms with van der Waals surface area (Å²) < 4.78 is 2.04. The van der Waals surface area contributed by atoms with Gasteiger partial charge in [0.25, 0.3) is 0 Å². The zero-order valence-corrected chi connectivity index (χ0v) is 18.1. The van der Waals surface area contributed by atoms with Crippen molar-refractivity contribution in [1.29, 1.82) is 0 Å². The average Bonchev–Trinajstić information content (AvgIpc) is 3.44. The third-order valence-electron chi connectivity index (χ3n) is 5.25. The fraction of sp³-hybridized carbons (Fsp3) is 0.316. The largest absolute Gasteiger partial charge is 0.341 e. The van der Waals surface area contributed by atoms with Crippen molar-refractivity contribution in [1.82, 2.24) is 39.6 Å². The van der Waals surface area contributed by atoms with Crippen molar-refractivity contribution in [2.24, 2.45) is 18.9 Å². The van der Waals surface area contributed by atoms with Crippen molar-refractivity contribution in [2.45, 2.75) is 11.6 Å². The summed E-state index contributed by atoms with van der Waals surface area (Å²) in [7, 11) is 1.78. The van der Waals surface area contributed by atoms with Gasteiger partial charge in [0.15, 0.2) is 21.9 Å². The minimum Gasteiger partial charge on any atom is -0.341 e. The summed E-state index contributed by atoms with van der Waals surface area (Å²) in [5.41, 5.74) is 1.28. The summed E-state index contributed by atoms with van der Waals surface area (Å²) in [4.78, 5) is 45.5. The Morgan fingerprint density at radius 2 is 1.90 bits per heavy atom. The molecule has 0 spiro atoms. The van der Waals surface area contributed by atoms with Crippen LogP contribution in [0.3, 0.4) is 0 Å². The van der Waals surface area contributed by atoms with Crippen LogP contribution in [0, 0.1) is 16.5 Å². The number of allylic oxidation sites excluding steroid dienone is 2. The highest BCUT2D eigenvalue weighted by atomic mass is 32.2. The molecule has 158 valence electrons. The van der Waals surface area contributed by atoms with Gasteiger partial charge in [0.2, 0.25) is 17.0 Å². The zero-order valence-electron chi connectivity index (χ0n) is 16.5. The molecular formula is C19H18N8O2S2. The summed E-state index contributed by atoms with van der Waals surface area (Å²) in [5, 5.41) is 5.01. The number of likely N-dealkylation sites (tertiary alicyclic amines) is 1. The molecule has 12 heteroatoms. The van der Waals surface area contributed by atoms with Crippen LogP contribution in [0.1, 0.15) is 6.42 Å². The van der Waals surface area contributed by atoms with Crippen molar-refractivity contribution >= 4 is 47.0 Å². The maximum Gasteiger partial charge on any atom is 0.237 e. The number of aryl methyl sites for hydroxylation is 1. The highest BCUT2D eigenvalue weighted by Crippen LogP contribution is 2.31. The highest BCUT2D eigenvalue weighted by molar-refractivity contribution is 7.99. The van der Waals surface area contributed by atoms with E-state index in [9.17, 15) is 9.59 Å². The second-order valence-corrected chi connectivity index (χ2v) is 8.66. The molecule has 0 aromatic carbocycles. The number of nitrogens with one attached hydrogen (secondary N) is 2. The number of carbonyl (C=O) groups excluding carboxylic acids is 2. The monoisotopic (exact) mass is 454 g/mol. The lowest BCUT2D eigenvalue weighted by molar-refractivity contribution is -0.139.